The molecule has 38 heteroatoms. The summed E-state index contributed by atoms with van der Waals surface area (Å²) in [6, 6.07) is -3.05. The van der Waals surface area contributed by atoms with E-state index in [1.807, 2.05) is 0 Å². The molecule has 2 aromatic carbocycles. The largest absolute Gasteiger partial charge is 0.497 e. The molecule has 0 radical (unpaired) electrons. The van der Waals surface area contributed by atoms with E-state index in [1.54, 1.807) is 0 Å². The Bertz CT molecular complexity index is 3810. The second kappa shape index (κ2) is 34.0. The molecule has 0 saturated carbocycles. The monoisotopic (exact) mass is 1450 g/mol. The number of hydrogen-bond donors (Lipinski definition) is 6. The normalized spacial score (nSPS) is 22.6. The second-order valence-corrected chi connectivity index (χ2v) is 26.2. The molecule has 38 nitrogen and oxygen atoms in total. The Balaban J connectivity index is 1.28. The molecule has 0 bridgehead atoms. The van der Waals surface area contributed by atoms with Crippen LogP contribution in [-0.4, -0.2) is 297 Å². The summed E-state index contributed by atoms with van der Waals surface area (Å²) < 4.78 is 33.3. The van der Waals surface area contributed by atoms with E-state index >= 15 is 9.59 Å². The minimum Gasteiger partial charge on any atom is -0.497 e. The highest BCUT2D eigenvalue weighted by molar-refractivity contribution is 6.02. The third-order valence-electron chi connectivity index (χ3n) is 16.5. The quantitative estimate of drug-likeness (QED) is 0.0618. The number of hydrazone groups is 2. The molecule has 3 aliphatic heterocycles. The van der Waals surface area contributed by atoms with Gasteiger partial charge in [0, 0.05) is 65.6 Å². The molecule has 1 fully saturated rings. The number of methoxy groups -OCH3 is 2. The van der Waals surface area contributed by atoms with E-state index in [2.05, 4.69) is 51.4 Å². The van der Waals surface area contributed by atoms with Crippen LogP contribution in [0.1, 0.15) is 89.2 Å². The summed E-state index contributed by atoms with van der Waals surface area (Å²) in [6.45, 7) is 4.35. The van der Waals surface area contributed by atoms with E-state index in [1.165, 1.54) is 78.3 Å². The molecule has 8 atom stereocenters. The average Bonchev–Trinajstić information content (AvgIpc) is 0.803. The Kier molecular flexibility index (Phi) is 26.1. The fourth-order valence-corrected chi connectivity index (χ4v) is 10.8. The van der Waals surface area contributed by atoms with Crippen LogP contribution in [0.2, 0.25) is 0 Å². The van der Waals surface area contributed by atoms with Gasteiger partial charge in [-0.1, -0.05) is 27.7 Å². The number of cyclic esters (lactones) is 2. The Morgan fingerprint density at radius 3 is 1.23 bits per heavy atom. The number of nitrogens with zero attached hydrogens (tertiary/aromatic N) is 12. The van der Waals surface area contributed by atoms with Gasteiger partial charge in [-0.15, -0.1) is 0 Å². The molecule has 5 heterocycles. The molecule has 1 saturated heterocycles. The Morgan fingerprint density at radius 1 is 0.548 bits per heavy atom. The number of aromatic nitrogens is 4. The van der Waals surface area contributed by atoms with Crippen molar-refractivity contribution < 1.29 is 106 Å². The predicted molar refractivity (Wildman–Crippen MR) is 361 cm³/mol. The van der Waals surface area contributed by atoms with Crippen molar-refractivity contribution in [2.75, 3.05) is 81.8 Å². The van der Waals surface area contributed by atoms with Crippen LogP contribution in [0.15, 0.2) is 59.0 Å². The fraction of sp³-hybridized carbons (Fsp3) is 0.515. The van der Waals surface area contributed by atoms with Crippen LogP contribution in [0.25, 0.3) is 22.1 Å². The number of aliphatic hydroxyl groups is 2. The molecule has 2 aromatic heterocycles. The lowest BCUT2D eigenvalue weighted by Crippen LogP contribution is -2.62. The van der Waals surface area contributed by atoms with Crippen molar-refractivity contribution in [2.24, 2.45) is 22.0 Å². The summed E-state index contributed by atoms with van der Waals surface area (Å²) >= 11 is 0. The zero-order valence-electron chi connectivity index (χ0n) is 59.6. The molecule has 560 valence electrons. The van der Waals surface area contributed by atoms with Crippen LogP contribution in [0.4, 0.5) is 0 Å². The van der Waals surface area contributed by atoms with E-state index < -0.39 is 205 Å². The molecule has 6 N–H and O–H groups in total. The maximum Gasteiger partial charge on any atom is 0.331 e. The van der Waals surface area contributed by atoms with Crippen LogP contribution >= 0.6 is 0 Å². The topological polar surface area (TPSA) is 479 Å². The van der Waals surface area contributed by atoms with Gasteiger partial charge in [0.2, 0.25) is 35.4 Å². The lowest BCUT2D eigenvalue weighted by atomic mass is 9.97. The van der Waals surface area contributed by atoms with Gasteiger partial charge in [0.05, 0.1) is 97.9 Å². The first-order chi connectivity index (χ1) is 48.8. The van der Waals surface area contributed by atoms with Crippen molar-refractivity contribution in [3.05, 3.63) is 60.2 Å². The highest BCUT2D eigenvalue weighted by atomic mass is 16.6. The number of benzene rings is 2. The molecule has 4 aromatic rings. The first kappa shape index (κ1) is 79.9. The Hall–Kier alpha value is -11.4. The highest BCUT2D eigenvalue weighted by Gasteiger charge is 2.49. The van der Waals surface area contributed by atoms with E-state index in [9.17, 15) is 67.7 Å². The summed E-state index contributed by atoms with van der Waals surface area (Å²) in [6.07, 6.45) is 0.508. The summed E-state index contributed by atoms with van der Waals surface area (Å²) in [7, 11) is 7.19. The van der Waals surface area contributed by atoms with Gasteiger partial charge in [0.1, 0.15) is 60.4 Å². The summed E-state index contributed by atoms with van der Waals surface area (Å²) in [5.74, 6) is -16.8. The molecule has 0 spiro atoms. The molecule has 104 heavy (non-hydrogen) atoms. The summed E-state index contributed by atoms with van der Waals surface area (Å²) in [4.78, 5) is 220. The van der Waals surface area contributed by atoms with Crippen molar-refractivity contribution in [3.63, 3.8) is 0 Å². The van der Waals surface area contributed by atoms with Gasteiger partial charge in [0.15, 0.2) is 24.2 Å². The van der Waals surface area contributed by atoms with Crippen molar-refractivity contribution >= 4 is 117 Å². The van der Waals surface area contributed by atoms with Gasteiger partial charge < -0.3 is 79.5 Å². The van der Waals surface area contributed by atoms with Crippen LogP contribution in [0.3, 0.4) is 0 Å². The molecular formula is C66H84N16O22. The van der Waals surface area contributed by atoms with Crippen LogP contribution in [0, 0.1) is 11.8 Å². The van der Waals surface area contributed by atoms with Gasteiger partial charge in [-0.2, -0.15) is 10.2 Å². The van der Waals surface area contributed by atoms with E-state index in [4.69, 9.17) is 28.4 Å². The number of hydrogen-bond acceptors (Lipinski definition) is 28. The van der Waals surface area contributed by atoms with Crippen molar-refractivity contribution in [1.29, 1.82) is 0 Å². The predicted octanol–water partition coefficient (Wildman–Crippen LogP) is -2.76. The van der Waals surface area contributed by atoms with Crippen LogP contribution < -0.4 is 30.7 Å². The van der Waals surface area contributed by atoms with E-state index in [0.717, 1.165) is 90.5 Å². The van der Waals surface area contributed by atoms with Crippen molar-refractivity contribution in [1.82, 2.24) is 70.8 Å². The SMILES string of the molecule is COc1ccc2nc(C(=O)NC3COC(=O)C(C(C)(C)O)N(C)C(=O)CN(C)C(=O)CNC(=O)C4C(OC(=O)C(C)C)CC=NN4C(=O)C(NC(=O)c4cnc5cc(OC)ccc5n4)COC(=O)C(C(C)(C)O)N(C)C(=O)CN(C)C(=O)CNC(=O)C4C(OC(=O)C(C)C)CC=NN4C3=O)cnc2c1. The first-order valence-corrected chi connectivity index (χ1v) is 32.5. The number of carbonyl (C=O) groups is 14. The summed E-state index contributed by atoms with van der Waals surface area (Å²) in [5, 5.41) is 41.9. The molecule has 8 unspecified atom stereocenters. The third-order valence-corrected chi connectivity index (χ3v) is 16.5. The van der Waals surface area contributed by atoms with E-state index in [0.29, 0.717) is 31.3 Å². The van der Waals surface area contributed by atoms with Gasteiger partial charge in [-0.25, -0.2) is 29.6 Å². The Morgan fingerprint density at radius 2 is 0.904 bits per heavy atom. The number of rotatable bonds is 12. The smallest absolute Gasteiger partial charge is 0.331 e. The minimum absolute atomic E-state index is 0.183. The van der Waals surface area contributed by atoms with Crippen LogP contribution in [-0.2, 0) is 76.5 Å². The lowest BCUT2D eigenvalue weighted by Gasteiger charge is -2.37. The number of likely N-dealkylation sites (N-methyl/N-ethyl adjacent to an activating group) is 4. The van der Waals surface area contributed by atoms with Gasteiger partial charge in [-0.3, -0.25) is 67.5 Å². The van der Waals surface area contributed by atoms with Gasteiger partial charge in [-0.05, 0) is 52.0 Å². The number of carbonyl (C=O) groups excluding carboxylic acids is 14. The van der Waals surface area contributed by atoms with Gasteiger partial charge in [0.25, 0.3) is 23.6 Å². The number of nitrogens with one attached hydrogen (secondary N) is 4. The molecule has 3 aliphatic rings. The second-order valence-electron chi connectivity index (χ2n) is 26.2. The Labute approximate surface area is 595 Å². The maximum atomic E-state index is 15.2. The molecule has 7 rings (SSSR count). The fourth-order valence-electron chi connectivity index (χ4n) is 10.8. The van der Waals surface area contributed by atoms with Crippen molar-refractivity contribution in [3.8, 4) is 11.5 Å². The van der Waals surface area contributed by atoms with E-state index in [-0.39, 0.29) is 34.9 Å². The minimum atomic E-state index is -2.22. The number of amides is 10. The number of esters is 4. The molecule has 0 aliphatic carbocycles. The average molecular weight is 1450 g/mol. The maximum absolute atomic E-state index is 15.2. The lowest BCUT2D eigenvalue weighted by molar-refractivity contribution is -0.168. The zero-order chi connectivity index (χ0) is 77.0. The zero-order valence-corrected chi connectivity index (χ0v) is 59.6. The van der Waals surface area contributed by atoms with Crippen LogP contribution in [0.5, 0.6) is 11.5 Å². The van der Waals surface area contributed by atoms with Gasteiger partial charge >= 0.3 is 23.9 Å². The van der Waals surface area contributed by atoms with Crippen molar-refractivity contribution in [2.45, 2.75) is 128 Å². The molecule has 10 amide bonds. The number of ether oxygens (including phenoxy) is 6. The first-order valence-electron chi connectivity index (χ1n) is 32.5. The standard InChI is InChI=1S/C66H84N16O22/c1-33(2)61(93)103-45-19-21-71-81-51(45)57(89)69-27-47(83)77(9)29-49(85)79(11)54(66(7,8)98)64(96)102-32-44(76-56(88)42-26-68-40-24-36(100-14)16-18-38(40)74-42)60(92)82-52(46(20-22-72-82)104-62(94)34(3)4)58(90)70-28-48(84)78(10)30-50(86)80(12)53(65(5,6)97)63(95)101-31-43(59(81)91)75-55(87)41-25-67-39-23-35(99-13)15-17-37(39)73-41/h15-18,21-26,33-34,43-46,51-54,97-98H,19-20,27-32H2,1-14H3,(H,69,89)(H,70,90)(H,75,87)(H,76,88). The highest BCUT2D eigenvalue weighted by Crippen LogP contribution is 2.26. The third kappa shape index (κ3) is 19.6. The number of fused-ring (bicyclic) bond motifs is 4. The molecular weight excluding hydrogens is 1370 g/mol. The summed E-state index contributed by atoms with van der Waals surface area (Å²) in [5.41, 5.74) is -4.29.